The van der Waals surface area contributed by atoms with Gasteiger partial charge in [-0.15, -0.1) is 0 Å². The van der Waals surface area contributed by atoms with E-state index in [9.17, 15) is 9.59 Å². The molecular weight excluding hydrogens is 400 g/mol. The Bertz CT molecular complexity index is 1000. The summed E-state index contributed by atoms with van der Waals surface area (Å²) < 4.78 is 5.76. The minimum atomic E-state index is -0.283. The summed E-state index contributed by atoms with van der Waals surface area (Å²) in [7, 11) is 0. The number of para-hydroxylation sites is 2. The Kier molecular flexibility index (Phi) is 8.87. The Balaban J connectivity index is 1.57. The molecule has 2 amide bonds. The molecule has 5 heteroatoms. The first kappa shape index (κ1) is 23.1. The predicted molar refractivity (Wildman–Crippen MR) is 129 cm³/mol. The van der Waals surface area contributed by atoms with Gasteiger partial charge in [-0.2, -0.15) is 0 Å². The summed E-state index contributed by atoms with van der Waals surface area (Å²) in [5.41, 5.74) is 2.05. The lowest BCUT2D eigenvalue weighted by Gasteiger charge is -2.12. The van der Waals surface area contributed by atoms with Gasteiger partial charge in [0.1, 0.15) is 5.75 Å². The van der Waals surface area contributed by atoms with Crippen molar-refractivity contribution in [2.45, 2.75) is 39.0 Å². The number of carbonyl (C=O) groups excluding carboxylic acids is 2. The van der Waals surface area contributed by atoms with Gasteiger partial charge in [0.15, 0.2) is 0 Å². The molecule has 5 nitrogen and oxygen atoms in total. The molecule has 3 aromatic carbocycles. The quantitative estimate of drug-likeness (QED) is 0.339. The first-order valence-electron chi connectivity index (χ1n) is 11.2. The van der Waals surface area contributed by atoms with Gasteiger partial charge in [0, 0.05) is 11.3 Å². The van der Waals surface area contributed by atoms with Crippen LogP contribution in [0.3, 0.4) is 0 Å². The summed E-state index contributed by atoms with van der Waals surface area (Å²) in [4.78, 5) is 25.4. The van der Waals surface area contributed by atoms with Crippen molar-refractivity contribution in [1.82, 2.24) is 0 Å². The van der Waals surface area contributed by atoms with Crippen LogP contribution in [-0.2, 0) is 0 Å². The lowest BCUT2D eigenvalue weighted by molar-refractivity contribution is 0.102. The van der Waals surface area contributed by atoms with Crippen molar-refractivity contribution >= 4 is 23.2 Å². The van der Waals surface area contributed by atoms with E-state index in [2.05, 4.69) is 17.6 Å². The van der Waals surface area contributed by atoms with Crippen LogP contribution < -0.4 is 15.4 Å². The van der Waals surface area contributed by atoms with E-state index in [-0.39, 0.29) is 11.8 Å². The van der Waals surface area contributed by atoms with Crippen LogP contribution in [0.2, 0.25) is 0 Å². The molecule has 0 aliphatic rings. The third-order valence-corrected chi connectivity index (χ3v) is 5.08. The molecule has 0 aliphatic carbocycles. The summed E-state index contributed by atoms with van der Waals surface area (Å²) >= 11 is 0. The number of hydrogen-bond acceptors (Lipinski definition) is 3. The maximum atomic E-state index is 12.7. The molecule has 2 N–H and O–H groups in total. The predicted octanol–water partition coefficient (Wildman–Crippen LogP) is 6.54. The maximum absolute atomic E-state index is 12.7. The number of anilines is 2. The number of amides is 2. The average molecular weight is 431 g/mol. The highest BCUT2D eigenvalue weighted by atomic mass is 16.5. The summed E-state index contributed by atoms with van der Waals surface area (Å²) in [6.07, 6.45) is 5.94. The van der Waals surface area contributed by atoms with Gasteiger partial charge in [0.25, 0.3) is 11.8 Å². The maximum Gasteiger partial charge on any atom is 0.257 e. The fourth-order valence-corrected chi connectivity index (χ4v) is 3.30. The standard InChI is InChI=1S/C27H30N2O3/c1-2-3-4-5-11-20-32-23-18-16-21(17-19-23)26(30)29-25-15-10-9-14-24(25)27(31)28-22-12-7-6-8-13-22/h6-10,12-19H,2-5,11,20H2,1H3,(H,28,31)(H,29,30). The van der Waals surface area contributed by atoms with Gasteiger partial charge in [-0.05, 0) is 55.0 Å². The second-order valence-corrected chi connectivity index (χ2v) is 7.61. The van der Waals surface area contributed by atoms with E-state index in [0.29, 0.717) is 29.1 Å². The van der Waals surface area contributed by atoms with Crippen LogP contribution >= 0.6 is 0 Å². The lowest BCUT2D eigenvalue weighted by atomic mass is 10.1. The third kappa shape index (κ3) is 6.98. The van der Waals surface area contributed by atoms with Gasteiger partial charge >= 0.3 is 0 Å². The Morgan fingerprint density at radius 1 is 0.719 bits per heavy atom. The zero-order valence-corrected chi connectivity index (χ0v) is 18.5. The van der Waals surface area contributed by atoms with Crippen molar-refractivity contribution in [3.8, 4) is 5.75 Å². The third-order valence-electron chi connectivity index (χ3n) is 5.08. The lowest BCUT2D eigenvalue weighted by Crippen LogP contribution is -2.18. The van der Waals surface area contributed by atoms with Gasteiger partial charge in [-0.25, -0.2) is 0 Å². The van der Waals surface area contributed by atoms with Crippen LogP contribution in [0.1, 0.15) is 59.7 Å². The van der Waals surface area contributed by atoms with Crippen LogP contribution in [0, 0.1) is 0 Å². The van der Waals surface area contributed by atoms with Gasteiger partial charge in [0.2, 0.25) is 0 Å². The molecule has 0 saturated heterocycles. The molecule has 0 atom stereocenters. The first-order chi connectivity index (χ1) is 15.7. The van der Waals surface area contributed by atoms with E-state index in [1.807, 2.05) is 30.3 Å². The fourth-order valence-electron chi connectivity index (χ4n) is 3.30. The second kappa shape index (κ2) is 12.3. The monoisotopic (exact) mass is 430 g/mol. The van der Waals surface area contributed by atoms with Crippen molar-refractivity contribution in [2.75, 3.05) is 17.2 Å². The SMILES string of the molecule is CCCCCCCOc1ccc(C(=O)Nc2ccccc2C(=O)Nc2ccccc2)cc1. The van der Waals surface area contributed by atoms with E-state index in [1.165, 1.54) is 25.7 Å². The normalized spacial score (nSPS) is 10.4. The van der Waals surface area contributed by atoms with Crippen LogP contribution in [0.25, 0.3) is 0 Å². The minimum absolute atomic E-state index is 0.281. The van der Waals surface area contributed by atoms with Crippen molar-refractivity contribution < 1.29 is 14.3 Å². The van der Waals surface area contributed by atoms with E-state index < -0.39 is 0 Å². The number of ether oxygens (including phenoxy) is 1. The highest BCUT2D eigenvalue weighted by Gasteiger charge is 2.14. The highest BCUT2D eigenvalue weighted by Crippen LogP contribution is 2.20. The van der Waals surface area contributed by atoms with Gasteiger partial charge < -0.3 is 15.4 Å². The fraction of sp³-hybridized carbons (Fsp3) is 0.259. The molecule has 32 heavy (non-hydrogen) atoms. The van der Waals surface area contributed by atoms with Crippen molar-refractivity contribution in [3.05, 3.63) is 90.0 Å². The number of unbranched alkanes of at least 4 members (excludes halogenated alkanes) is 4. The van der Waals surface area contributed by atoms with Crippen LogP contribution in [0.4, 0.5) is 11.4 Å². The van der Waals surface area contributed by atoms with Crippen LogP contribution in [0.15, 0.2) is 78.9 Å². The van der Waals surface area contributed by atoms with E-state index >= 15 is 0 Å². The average Bonchev–Trinajstić information content (AvgIpc) is 2.82. The summed E-state index contributed by atoms with van der Waals surface area (Å²) in [6.45, 7) is 2.88. The molecular formula is C27H30N2O3. The van der Waals surface area contributed by atoms with E-state index in [1.54, 1.807) is 48.5 Å². The molecule has 0 radical (unpaired) electrons. The Morgan fingerprint density at radius 3 is 2.16 bits per heavy atom. The zero-order chi connectivity index (χ0) is 22.6. The van der Waals surface area contributed by atoms with Crippen molar-refractivity contribution in [3.63, 3.8) is 0 Å². The number of nitrogens with one attached hydrogen (secondary N) is 2. The van der Waals surface area contributed by atoms with Crippen LogP contribution in [0.5, 0.6) is 5.75 Å². The molecule has 3 rings (SSSR count). The number of benzene rings is 3. The Labute approximate surface area is 189 Å². The van der Waals surface area contributed by atoms with Crippen molar-refractivity contribution in [1.29, 1.82) is 0 Å². The number of rotatable bonds is 11. The van der Waals surface area contributed by atoms with E-state index in [4.69, 9.17) is 4.74 Å². The topological polar surface area (TPSA) is 67.4 Å². The Morgan fingerprint density at radius 2 is 1.41 bits per heavy atom. The van der Waals surface area contributed by atoms with Gasteiger partial charge in [-0.1, -0.05) is 62.9 Å². The summed E-state index contributed by atoms with van der Waals surface area (Å²) in [6, 6.07) is 23.2. The number of hydrogen-bond donors (Lipinski definition) is 2. The molecule has 3 aromatic rings. The second-order valence-electron chi connectivity index (χ2n) is 7.61. The molecule has 0 unspecified atom stereocenters. The Hall–Kier alpha value is -3.60. The van der Waals surface area contributed by atoms with Gasteiger partial charge in [0.05, 0.1) is 17.9 Å². The molecule has 0 spiro atoms. The van der Waals surface area contributed by atoms with Crippen LogP contribution in [-0.4, -0.2) is 18.4 Å². The molecule has 0 aliphatic heterocycles. The first-order valence-corrected chi connectivity index (χ1v) is 11.2. The largest absolute Gasteiger partial charge is 0.494 e. The summed E-state index contributed by atoms with van der Waals surface area (Å²) in [5, 5.41) is 5.69. The molecule has 0 saturated carbocycles. The molecule has 0 heterocycles. The van der Waals surface area contributed by atoms with Crippen molar-refractivity contribution in [2.24, 2.45) is 0 Å². The summed E-state index contributed by atoms with van der Waals surface area (Å²) in [5.74, 6) is 0.186. The molecule has 0 bridgehead atoms. The number of carbonyl (C=O) groups is 2. The zero-order valence-electron chi connectivity index (χ0n) is 18.5. The molecule has 0 aromatic heterocycles. The van der Waals surface area contributed by atoms with E-state index in [0.717, 1.165) is 12.2 Å². The van der Waals surface area contributed by atoms with Gasteiger partial charge in [-0.3, -0.25) is 9.59 Å². The molecule has 0 fully saturated rings. The molecule has 166 valence electrons. The smallest absolute Gasteiger partial charge is 0.257 e. The minimum Gasteiger partial charge on any atom is -0.494 e. The highest BCUT2D eigenvalue weighted by molar-refractivity contribution is 6.12.